The third kappa shape index (κ3) is 11.7. The lowest BCUT2D eigenvalue weighted by molar-refractivity contribution is -0.384. The smallest absolute Gasteiger partial charge is 0.269 e. The minimum absolute atomic E-state index is 0.00613. The van der Waals surface area contributed by atoms with Gasteiger partial charge in [0, 0.05) is 56.2 Å². The van der Waals surface area contributed by atoms with E-state index in [2.05, 4.69) is 12.7 Å². The summed E-state index contributed by atoms with van der Waals surface area (Å²) in [5.74, 6) is -0.817. The zero-order chi connectivity index (χ0) is 50.6. The number of ether oxygens (including phenoxy) is 4. The van der Waals surface area contributed by atoms with E-state index in [0.29, 0.717) is 71.3 Å². The maximum absolute atomic E-state index is 15.3. The molecule has 72 heavy (non-hydrogen) atoms. The van der Waals surface area contributed by atoms with Gasteiger partial charge in [0.2, 0.25) is 11.7 Å². The Labute approximate surface area is 420 Å². The molecule has 14 nitrogen and oxygen atoms in total. The van der Waals surface area contributed by atoms with Crippen molar-refractivity contribution < 1.29 is 52.9 Å². The van der Waals surface area contributed by atoms with E-state index >= 15 is 4.79 Å². The van der Waals surface area contributed by atoms with Gasteiger partial charge < -0.3 is 38.9 Å². The van der Waals surface area contributed by atoms with E-state index in [9.17, 15) is 29.5 Å². The SMILES string of the molecule is C=CCO[C@@]12Oc3ccc(Oc4ccc(OC)c(C=O)c4)cc3[C@H]3[C@H](CCCCO)[C@@H](CCCCO)C=C(C(=NOCc4ccc([N+](=O)[O-])cc4)C[C@@H]1N(Cc1ccc(F)cc1)C(=O)CCC1CCCC1)[C@H]32. The molecule has 6 atom stereocenters. The maximum atomic E-state index is 15.3. The van der Waals surface area contributed by atoms with Crippen LogP contribution in [0, 0.1) is 39.6 Å². The molecular formula is C57H66FN3O11. The van der Waals surface area contributed by atoms with E-state index in [0.717, 1.165) is 68.1 Å². The molecule has 1 amide bonds. The lowest BCUT2D eigenvalue weighted by Gasteiger charge is -2.60. The van der Waals surface area contributed by atoms with Gasteiger partial charge in [-0.15, -0.1) is 6.58 Å². The van der Waals surface area contributed by atoms with Gasteiger partial charge in [0.25, 0.3) is 5.69 Å². The number of oxime groups is 1. The number of aliphatic hydroxyl groups is 2. The highest BCUT2D eigenvalue weighted by Gasteiger charge is 2.65. The molecule has 3 aliphatic carbocycles. The Kier molecular flexibility index (Phi) is 17.5. The van der Waals surface area contributed by atoms with Crippen LogP contribution in [0.2, 0.25) is 0 Å². The van der Waals surface area contributed by atoms with Crippen LogP contribution in [0.15, 0.2) is 114 Å². The molecule has 0 aromatic heterocycles. The molecule has 0 bridgehead atoms. The second-order valence-electron chi connectivity index (χ2n) is 19.4. The van der Waals surface area contributed by atoms with Crippen LogP contribution in [-0.2, 0) is 27.5 Å². The molecule has 8 rings (SSSR count). The number of amides is 1. The lowest BCUT2D eigenvalue weighted by atomic mass is 9.55. The topological polar surface area (TPSA) is 179 Å². The van der Waals surface area contributed by atoms with Crippen LogP contribution in [0.5, 0.6) is 23.0 Å². The summed E-state index contributed by atoms with van der Waals surface area (Å²) in [6.45, 7) is 4.33. The number of nitro benzene ring substituents is 1. The third-order valence-electron chi connectivity index (χ3n) is 15.0. The summed E-state index contributed by atoms with van der Waals surface area (Å²) in [5, 5.41) is 36.5. The number of benzene rings is 4. The summed E-state index contributed by atoms with van der Waals surface area (Å²) in [5.41, 5.74) is 3.93. The van der Waals surface area contributed by atoms with Crippen molar-refractivity contribution >= 4 is 23.6 Å². The number of nitro groups is 1. The monoisotopic (exact) mass is 987 g/mol. The molecule has 0 radical (unpaired) electrons. The Morgan fingerprint density at radius 1 is 0.944 bits per heavy atom. The molecule has 2 fully saturated rings. The van der Waals surface area contributed by atoms with Crippen LogP contribution in [0.1, 0.15) is 116 Å². The number of aldehydes is 1. The molecule has 2 N–H and O–H groups in total. The minimum atomic E-state index is -1.54. The van der Waals surface area contributed by atoms with Crippen molar-refractivity contribution in [3.63, 3.8) is 0 Å². The van der Waals surface area contributed by atoms with Crippen molar-refractivity contribution in [2.75, 3.05) is 26.9 Å². The highest BCUT2D eigenvalue weighted by atomic mass is 19.1. The number of fused-ring (bicyclic) bond motifs is 2. The number of hydrogen-bond acceptors (Lipinski definition) is 12. The molecule has 0 spiro atoms. The van der Waals surface area contributed by atoms with Gasteiger partial charge in [-0.3, -0.25) is 19.7 Å². The quantitative estimate of drug-likeness (QED) is 0.0212. The molecule has 1 aliphatic heterocycles. The fourth-order valence-corrected chi connectivity index (χ4v) is 11.5. The molecule has 4 aliphatic rings. The number of rotatable bonds is 25. The number of carbonyl (C=O) groups is 2. The Morgan fingerprint density at radius 2 is 1.65 bits per heavy atom. The Hall–Kier alpha value is -6.42. The van der Waals surface area contributed by atoms with E-state index in [1.807, 2.05) is 23.1 Å². The molecule has 1 heterocycles. The number of carbonyl (C=O) groups excluding carboxylic acids is 2. The van der Waals surface area contributed by atoms with Crippen molar-refractivity contribution in [1.82, 2.24) is 4.90 Å². The average Bonchev–Trinajstić information content (AvgIpc) is 3.92. The van der Waals surface area contributed by atoms with Crippen LogP contribution < -0.4 is 14.2 Å². The first-order chi connectivity index (χ1) is 35.1. The van der Waals surface area contributed by atoms with Gasteiger partial charge >= 0.3 is 0 Å². The molecule has 0 unspecified atom stereocenters. The fraction of sp³-hybridized carbons (Fsp3) is 0.456. The van der Waals surface area contributed by atoms with Gasteiger partial charge in [-0.2, -0.15) is 0 Å². The van der Waals surface area contributed by atoms with E-state index in [4.69, 9.17) is 28.9 Å². The second kappa shape index (κ2) is 24.3. The molecule has 382 valence electrons. The zero-order valence-electron chi connectivity index (χ0n) is 41.0. The number of hydrogen-bond donors (Lipinski definition) is 2. The molecule has 4 aromatic rings. The number of non-ortho nitro benzene ring substituents is 1. The number of aliphatic hydroxyl groups excluding tert-OH is 2. The number of halogens is 1. The van der Waals surface area contributed by atoms with Gasteiger partial charge in [0.05, 0.1) is 35.8 Å². The van der Waals surface area contributed by atoms with E-state index in [1.54, 1.807) is 48.5 Å². The highest BCUT2D eigenvalue weighted by molar-refractivity contribution is 6.03. The molecular weight excluding hydrogens is 922 g/mol. The summed E-state index contributed by atoms with van der Waals surface area (Å²) in [7, 11) is 1.50. The predicted octanol–water partition coefficient (Wildman–Crippen LogP) is 11.2. The summed E-state index contributed by atoms with van der Waals surface area (Å²) >= 11 is 0. The predicted molar refractivity (Wildman–Crippen MR) is 269 cm³/mol. The first-order valence-corrected chi connectivity index (χ1v) is 25.4. The largest absolute Gasteiger partial charge is 0.496 e. The number of unbranched alkanes of at least 4 members (excludes halogenated alkanes) is 2. The van der Waals surface area contributed by atoms with Crippen LogP contribution in [0.3, 0.4) is 0 Å². The van der Waals surface area contributed by atoms with Gasteiger partial charge in [-0.1, -0.05) is 68.0 Å². The van der Waals surface area contributed by atoms with Gasteiger partial charge in [-0.05, 0) is 127 Å². The first-order valence-electron chi connectivity index (χ1n) is 25.4. The van der Waals surface area contributed by atoms with Gasteiger partial charge in [-0.25, -0.2) is 4.39 Å². The van der Waals surface area contributed by atoms with Crippen molar-refractivity contribution in [2.45, 2.75) is 114 Å². The third-order valence-corrected chi connectivity index (χ3v) is 15.0. The minimum Gasteiger partial charge on any atom is -0.496 e. The Morgan fingerprint density at radius 3 is 2.35 bits per heavy atom. The first kappa shape index (κ1) is 51.9. The zero-order valence-corrected chi connectivity index (χ0v) is 41.0. The van der Waals surface area contributed by atoms with Crippen molar-refractivity contribution in [3.05, 3.63) is 147 Å². The average molecular weight is 988 g/mol. The van der Waals surface area contributed by atoms with E-state index < -0.39 is 28.5 Å². The number of methoxy groups -OCH3 is 1. The number of allylic oxidation sites excluding steroid dienone is 1. The van der Waals surface area contributed by atoms with Crippen LogP contribution in [-0.4, -0.2) is 76.7 Å². The maximum Gasteiger partial charge on any atom is 0.269 e. The molecule has 4 aromatic carbocycles. The standard InChI is InChI=1S/C57H66FN3O11/c1-3-30-69-57-53(60(35-39-14-19-43(58)20-15-39)54(65)27-18-38-10-4-5-11-38)34-50(59-70-37-40-16-21-44(22-17-40)61(66)67)48-32-41(12-6-8-28-62)47(13-7-9-29-63)55(56(48)57)49-33-46(24-26-52(49)72-57)71-45-23-25-51(68-2)42(31-45)36-64/h3,14-17,19-26,31-33,36,38,41,47,53,55-56,62-63H,1,4-13,18,27-30,34-35,37H2,2H3/t41-,47+,53-,55+,56+,57+/m0/s1. The van der Waals surface area contributed by atoms with Gasteiger partial charge in [0.15, 0.2) is 6.29 Å². The van der Waals surface area contributed by atoms with Crippen LogP contribution in [0.4, 0.5) is 10.1 Å². The molecule has 15 heteroatoms. The van der Waals surface area contributed by atoms with Crippen molar-refractivity contribution in [1.29, 1.82) is 0 Å². The summed E-state index contributed by atoms with van der Waals surface area (Å²) in [6, 6.07) is 22.1. The van der Waals surface area contributed by atoms with E-state index in [1.165, 1.54) is 31.4 Å². The highest BCUT2D eigenvalue weighted by Crippen LogP contribution is 2.62. The Balaban J connectivity index is 1.32. The number of nitrogens with zero attached hydrogens (tertiary/aromatic N) is 3. The van der Waals surface area contributed by atoms with Crippen LogP contribution in [0.25, 0.3) is 0 Å². The summed E-state index contributed by atoms with van der Waals surface area (Å²) in [4.78, 5) is 46.4. The van der Waals surface area contributed by atoms with Crippen LogP contribution >= 0.6 is 0 Å². The van der Waals surface area contributed by atoms with Crippen molar-refractivity contribution in [3.8, 4) is 23.0 Å². The second-order valence-corrected chi connectivity index (χ2v) is 19.4. The summed E-state index contributed by atoms with van der Waals surface area (Å²) in [6.07, 6.45) is 14.3. The Bertz CT molecular complexity index is 2580. The summed E-state index contributed by atoms with van der Waals surface area (Å²) < 4.78 is 41.1. The normalized spacial score (nSPS) is 22.8. The lowest BCUT2D eigenvalue weighted by Crippen LogP contribution is -2.70. The van der Waals surface area contributed by atoms with Crippen molar-refractivity contribution in [2.24, 2.45) is 28.8 Å². The molecule has 0 saturated heterocycles. The molecule has 2 saturated carbocycles. The van der Waals surface area contributed by atoms with Gasteiger partial charge in [0.1, 0.15) is 41.5 Å². The van der Waals surface area contributed by atoms with E-state index in [-0.39, 0.29) is 75.2 Å². The fourth-order valence-electron chi connectivity index (χ4n) is 11.5.